The first-order chi connectivity index (χ1) is 10.4. The summed E-state index contributed by atoms with van der Waals surface area (Å²) in [5.41, 5.74) is 3.85. The van der Waals surface area contributed by atoms with Crippen molar-refractivity contribution in [2.45, 2.75) is 38.1 Å². The van der Waals surface area contributed by atoms with Gasteiger partial charge in [0.1, 0.15) is 0 Å². The Kier molecular flexibility index (Phi) is 3.30. The molecule has 2 aromatic rings. The number of fused-ring (bicyclic) bond motifs is 3. The van der Waals surface area contributed by atoms with E-state index in [0.717, 1.165) is 0 Å². The fourth-order valence-corrected chi connectivity index (χ4v) is 4.38. The number of aliphatic hydroxyl groups is 1. The van der Waals surface area contributed by atoms with Gasteiger partial charge in [-0.15, -0.1) is 0 Å². The van der Waals surface area contributed by atoms with Gasteiger partial charge in [-0.3, -0.25) is 0 Å². The Balaban J connectivity index is 1.76. The topological polar surface area (TPSA) is 38.1 Å². The van der Waals surface area contributed by atoms with Crippen molar-refractivity contribution in [2.24, 2.45) is 11.8 Å². The predicted molar refractivity (Wildman–Crippen MR) is 83.0 cm³/mol. The smallest absolute Gasteiger partial charge is 0.0956 e. The lowest BCUT2D eigenvalue weighted by molar-refractivity contribution is 0.117. The number of imidazole rings is 1. The van der Waals surface area contributed by atoms with Crippen LogP contribution in [0.5, 0.6) is 0 Å². The molecule has 0 saturated heterocycles. The molecule has 1 aromatic carbocycles. The van der Waals surface area contributed by atoms with Gasteiger partial charge < -0.3 is 9.67 Å². The molecular formula is C18H22N2O. The molecule has 0 bridgehead atoms. The Hall–Kier alpha value is -1.61. The summed E-state index contributed by atoms with van der Waals surface area (Å²) in [5, 5.41) is 10.1. The van der Waals surface area contributed by atoms with Gasteiger partial charge >= 0.3 is 0 Å². The van der Waals surface area contributed by atoms with Crippen molar-refractivity contribution in [1.29, 1.82) is 0 Å². The Morgan fingerprint density at radius 3 is 2.81 bits per heavy atom. The summed E-state index contributed by atoms with van der Waals surface area (Å²) >= 11 is 0. The molecule has 1 aromatic heterocycles. The fourth-order valence-electron chi connectivity index (χ4n) is 4.38. The molecule has 1 fully saturated rings. The van der Waals surface area contributed by atoms with Crippen molar-refractivity contribution in [2.75, 3.05) is 6.61 Å². The van der Waals surface area contributed by atoms with Gasteiger partial charge in [0.05, 0.1) is 24.3 Å². The largest absolute Gasteiger partial charge is 0.396 e. The molecule has 2 unspecified atom stereocenters. The highest BCUT2D eigenvalue weighted by Gasteiger charge is 2.37. The molecule has 0 amide bonds. The number of aromatic nitrogens is 2. The van der Waals surface area contributed by atoms with Gasteiger partial charge in [-0.1, -0.05) is 56.4 Å². The van der Waals surface area contributed by atoms with E-state index in [2.05, 4.69) is 33.8 Å². The van der Waals surface area contributed by atoms with E-state index in [1.165, 1.54) is 48.9 Å². The van der Waals surface area contributed by atoms with Crippen LogP contribution in [-0.4, -0.2) is 21.3 Å². The minimum absolute atomic E-state index is 0.256. The van der Waals surface area contributed by atoms with Crippen LogP contribution in [0, 0.1) is 11.8 Å². The van der Waals surface area contributed by atoms with E-state index in [1.54, 1.807) is 0 Å². The third-order valence-electron chi connectivity index (χ3n) is 5.39. The monoisotopic (exact) mass is 282 g/mol. The Morgan fingerprint density at radius 2 is 2.00 bits per heavy atom. The molecule has 1 aliphatic carbocycles. The molecule has 1 aliphatic heterocycles. The molecule has 110 valence electrons. The van der Waals surface area contributed by atoms with Crippen LogP contribution in [-0.2, 0) is 0 Å². The van der Waals surface area contributed by atoms with E-state index in [0.29, 0.717) is 11.8 Å². The average molecular weight is 282 g/mol. The molecule has 4 rings (SSSR count). The maximum absolute atomic E-state index is 10.1. The Labute approximate surface area is 125 Å². The first kappa shape index (κ1) is 13.1. The van der Waals surface area contributed by atoms with E-state index in [1.807, 2.05) is 12.5 Å². The zero-order valence-electron chi connectivity index (χ0n) is 12.3. The molecule has 1 N–H and O–H groups in total. The second-order valence-corrected chi connectivity index (χ2v) is 6.46. The van der Waals surface area contributed by atoms with E-state index < -0.39 is 0 Å². The lowest BCUT2D eigenvalue weighted by atomic mass is 9.75. The first-order valence-corrected chi connectivity index (χ1v) is 8.12. The second-order valence-electron chi connectivity index (χ2n) is 6.46. The second kappa shape index (κ2) is 5.30. The van der Waals surface area contributed by atoms with Crippen molar-refractivity contribution in [3.8, 4) is 11.3 Å². The molecule has 1 saturated carbocycles. The summed E-state index contributed by atoms with van der Waals surface area (Å²) < 4.78 is 2.28. The molecule has 2 aliphatic rings. The highest BCUT2D eigenvalue weighted by atomic mass is 16.3. The summed E-state index contributed by atoms with van der Waals surface area (Å²) in [5.74, 6) is 0.942. The zero-order chi connectivity index (χ0) is 14.2. The number of nitrogens with zero attached hydrogens (tertiary/aromatic N) is 2. The van der Waals surface area contributed by atoms with Crippen LogP contribution < -0.4 is 0 Å². The van der Waals surface area contributed by atoms with Gasteiger partial charge in [0, 0.05) is 18.1 Å². The Bertz CT molecular complexity index is 628. The minimum atomic E-state index is 0.256. The first-order valence-electron chi connectivity index (χ1n) is 8.12. The van der Waals surface area contributed by atoms with Crippen molar-refractivity contribution in [3.63, 3.8) is 0 Å². The van der Waals surface area contributed by atoms with Crippen molar-refractivity contribution in [1.82, 2.24) is 9.55 Å². The number of aliphatic hydroxyl groups excluding tert-OH is 1. The maximum atomic E-state index is 10.1. The number of hydrogen-bond donors (Lipinski definition) is 1. The standard InChI is InChI=1S/C18H22N2O/c21-11-16(13-6-2-1-3-7-13)18-15-9-5-4-8-14(15)17-10-19-12-20(17)18/h4-5,8-10,12-13,16,18,21H,1-3,6-7,11H2. The summed E-state index contributed by atoms with van der Waals surface area (Å²) in [6.07, 6.45) is 10.4. The van der Waals surface area contributed by atoms with Crippen LogP contribution in [0.1, 0.15) is 43.7 Å². The molecule has 2 heterocycles. The maximum Gasteiger partial charge on any atom is 0.0956 e. The zero-order valence-corrected chi connectivity index (χ0v) is 12.3. The highest BCUT2D eigenvalue weighted by Crippen LogP contribution is 2.46. The molecule has 3 nitrogen and oxygen atoms in total. The quantitative estimate of drug-likeness (QED) is 0.933. The van der Waals surface area contributed by atoms with Crippen LogP contribution >= 0.6 is 0 Å². The van der Waals surface area contributed by atoms with Gasteiger partial charge in [-0.05, 0) is 11.5 Å². The van der Waals surface area contributed by atoms with Crippen molar-refractivity contribution < 1.29 is 5.11 Å². The van der Waals surface area contributed by atoms with Crippen LogP contribution in [0.25, 0.3) is 11.3 Å². The normalized spacial score (nSPS) is 22.8. The van der Waals surface area contributed by atoms with Gasteiger partial charge in [-0.2, -0.15) is 0 Å². The summed E-state index contributed by atoms with van der Waals surface area (Å²) in [6.45, 7) is 0.265. The van der Waals surface area contributed by atoms with Gasteiger partial charge in [0.15, 0.2) is 0 Å². The summed E-state index contributed by atoms with van der Waals surface area (Å²) in [7, 11) is 0. The van der Waals surface area contributed by atoms with E-state index in [9.17, 15) is 5.11 Å². The molecular weight excluding hydrogens is 260 g/mol. The predicted octanol–water partition coefficient (Wildman–Crippen LogP) is 3.64. The number of hydrogen-bond acceptors (Lipinski definition) is 2. The van der Waals surface area contributed by atoms with E-state index in [4.69, 9.17) is 0 Å². The number of rotatable bonds is 3. The van der Waals surface area contributed by atoms with E-state index >= 15 is 0 Å². The van der Waals surface area contributed by atoms with Crippen LogP contribution in [0.4, 0.5) is 0 Å². The molecule has 0 spiro atoms. The lowest BCUT2D eigenvalue weighted by Gasteiger charge is -2.34. The molecule has 3 heteroatoms. The van der Waals surface area contributed by atoms with E-state index in [-0.39, 0.29) is 12.6 Å². The minimum Gasteiger partial charge on any atom is -0.396 e. The van der Waals surface area contributed by atoms with Crippen LogP contribution in [0.2, 0.25) is 0 Å². The SMILES string of the molecule is OCC(C1CCCCC1)C1c2ccccc2-c2cncn21. The summed E-state index contributed by atoms with van der Waals surface area (Å²) in [4.78, 5) is 4.34. The van der Waals surface area contributed by atoms with Crippen molar-refractivity contribution >= 4 is 0 Å². The van der Waals surface area contributed by atoms with Crippen molar-refractivity contribution in [3.05, 3.63) is 42.4 Å². The third kappa shape index (κ3) is 2.03. The molecule has 2 atom stereocenters. The molecule has 21 heavy (non-hydrogen) atoms. The van der Waals surface area contributed by atoms with Crippen LogP contribution in [0.15, 0.2) is 36.8 Å². The number of benzene rings is 1. The Morgan fingerprint density at radius 1 is 1.19 bits per heavy atom. The van der Waals surface area contributed by atoms with Gasteiger partial charge in [-0.25, -0.2) is 4.98 Å². The third-order valence-corrected chi connectivity index (χ3v) is 5.39. The van der Waals surface area contributed by atoms with Gasteiger partial charge in [0.2, 0.25) is 0 Å². The lowest BCUT2D eigenvalue weighted by Crippen LogP contribution is -2.29. The molecule has 0 radical (unpaired) electrons. The van der Waals surface area contributed by atoms with Gasteiger partial charge in [0.25, 0.3) is 0 Å². The summed E-state index contributed by atoms with van der Waals surface area (Å²) in [6, 6.07) is 8.86. The average Bonchev–Trinajstić information content (AvgIpc) is 3.12. The highest BCUT2D eigenvalue weighted by molar-refractivity contribution is 5.69. The van der Waals surface area contributed by atoms with Crippen LogP contribution in [0.3, 0.4) is 0 Å². The fraction of sp³-hybridized carbons (Fsp3) is 0.500.